The summed E-state index contributed by atoms with van der Waals surface area (Å²) in [5, 5.41) is 4.37. The van der Waals surface area contributed by atoms with Gasteiger partial charge in [0.2, 0.25) is 0 Å². The Labute approximate surface area is 144 Å². The van der Waals surface area contributed by atoms with Crippen molar-refractivity contribution < 1.29 is 14.2 Å². The quantitative estimate of drug-likeness (QED) is 0.825. The number of rotatable bonds is 7. The fraction of sp³-hybridized carbons (Fsp3) is 0.667. The summed E-state index contributed by atoms with van der Waals surface area (Å²) >= 11 is 6.26. The van der Waals surface area contributed by atoms with Crippen LogP contribution in [0.2, 0.25) is 5.02 Å². The molecule has 1 aromatic rings. The highest BCUT2D eigenvalue weighted by Gasteiger charge is 2.37. The first-order valence-corrected chi connectivity index (χ1v) is 8.58. The summed E-state index contributed by atoms with van der Waals surface area (Å²) in [6.45, 7) is 6.59. The van der Waals surface area contributed by atoms with Crippen molar-refractivity contribution >= 4 is 11.6 Å². The predicted molar refractivity (Wildman–Crippen MR) is 93.7 cm³/mol. The van der Waals surface area contributed by atoms with Gasteiger partial charge in [-0.05, 0) is 44.9 Å². The third-order valence-electron chi connectivity index (χ3n) is 5.02. The van der Waals surface area contributed by atoms with Crippen molar-refractivity contribution in [2.75, 3.05) is 34.0 Å². The van der Waals surface area contributed by atoms with E-state index in [0.717, 1.165) is 43.4 Å². The SMILES string of the molecule is COc1ccc(Cl)cc1C1(CN[C@@H](C)[C@@H](C)OC)CCOCC1. The van der Waals surface area contributed by atoms with Crippen molar-refractivity contribution in [3.05, 3.63) is 28.8 Å². The molecule has 1 aliphatic heterocycles. The molecule has 0 aliphatic carbocycles. The Morgan fingerprint density at radius 2 is 1.96 bits per heavy atom. The molecule has 1 aromatic carbocycles. The molecule has 1 saturated heterocycles. The molecule has 0 saturated carbocycles. The third-order valence-corrected chi connectivity index (χ3v) is 5.26. The molecule has 1 N–H and O–H groups in total. The van der Waals surface area contributed by atoms with E-state index < -0.39 is 0 Å². The second-order valence-corrected chi connectivity index (χ2v) is 6.78. The number of ether oxygens (including phenoxy) is 3. The van der Waals surface area contributed by atoms with Gasteiger partial charge < -0.3 is 19.5 Å². The van der Waals surface area contributed by atoms with Gasteiger partial charge >= 0.3 is 0 Å². The Kier molecular flexibility index (Phi) is 6.72. The van der Waals surface area contributed by atoms with E-state index in [0.29, 0.717) is 0 Å². The van der Waals surface area contributed by atoms with Crippen molar-refractivity contribution in [1.29, 1.82) is 0 Å². The first-order valence-electron chi connectivity index (χ1n) is 8.20. The molecule has 2 atom stereocenters. The van der Waals surface area contributed by atoms with Crippen LogP contribution in [0.1, 0.15) is 32.3 Å². The number of hydrogen-bond acceptors (Lipinski definition) is 4. The lowest BCUT2D eigenvalue weighted by molar-refractivity contribution is 0.0421. The Hall–Kier alpha value is -0.810. The van der Waals surface area contributed by atoms with Crippen molar-refractivity contribution in [1.82, 2.24) is 5.32 Å². The van der Waals surface area contributed by atoms with Crippen LogP contribution in [-0.2, 0) is 14.9 Å². The van der Waals surface area contributed by atoms with Crippen LogP contribution in [0.4, 0.5) is 0 Å². The van der Waals surface area contributed by atoms with Gasteiger partial charge in [0.25, 0.3) is 0 Å². The van der Waals surface area contributed by atoms with E-state index in [9.17, 15) is 0 Å². The molecule has 0 amide bonds. The van der Waals surface area contributed by atoms with E-state index in [-0.39, 0.29) is 17.6 Å². The summed E-state index contributed by atoms with van der Waals surface area (Å²) in [5.41, 5.74) is 1.14. The maximum atomic E-state index is 6.26. The van der Waals surface area contributed by atoms with Gasteiger partial charge in [-0.15, -0.1) is 0 Å². The van der Waals surface area contributed by atoms with Gasteiger partial charge in [-0.2, -0.15) is 0 Å². The van der Waals surface area contributed by atoms with Gasteiger partial charge in [0.15, 0.2) is 0 Å². The van der Waals surface area contributed by atoms with E-state index in [1.165, 1.54) is 5.56 Å². The molecule has 1 fully saturated rings. The summed E-state index contributed by atoms with van der Waals surface area (Å²) in [7, 11) is 3.45. The number of methoxy groups -OCH3 is 2. The van der Waals surface area contributed by atoms with Gasteiger partial charge in [0, 0.05) is 48.9 Å². The van der Waals surface area contributed by atoms with Gasteiger partial charge in [0.05, 0.1) is 13.2 Å². The van der Waals surface area contributed by atoms with Gasteiger partial charge in [-0.3, -0.25) is 0 Å². The van der Waals surface area contributed by atoms with Crippen LogP contribution >= 0.6 is 11.6 Å². The second kappa shape index (κ2) is 8.34. The van der Waals surface area contributed by atoms with E-state index in [1.807, 2.05) is 18.2 Å². The summed E-state index contributed by atoms with van der Waals surface area (Å²) in [4.78, 5) is 0. The molecule has 0 bridgehead atoms. The Morgan fingerprint density at radius 3 is 2.57 bits per heavy atom. The summed E-state index contributed by atoms with van der Waals surface area (Å²) in [5.74, 6) is 0.894. The average Bonchev–Trinajstić information content (AvgIpc) is 2.59. The van der Waals surface area contributed by atoms with Crippen LogP contribution in [0.5, 0.6) is 5.75 Å². The van der Waals surface area contributed by atoms with Crippen LogP contribution in [0, 0.1) is 0 Å². The summed E-state index contributed by atoms with van der Waals surface area (Å²) < 4.78 is 16.6. The van der Waals surface area contributed by atoms with Crippen molar-refractivity contribution in [2.24, 2.45) is 0 Å². The summed E-state index contributed by atoms with van der Waals surface area (Å²) in [6.07, 6.45) is 2.06. The molecule has 5 heteroatoms. The molecule has 0 spiro atoms. The molecule has 0 aromatic heterocycles. The lowest BCUT2D eigenvalue weighted by Crippen LogP contribution is -2.48. The standard InChI is InChI=1S/C18H28ClNO3/c1-13(14(2)21-3)20-12-18(7-9-23-10-8-18)16-11-15(19)5-6-17(16)22-4/h5-6,11,13-14,20H,7-10,12H2,1-4H3/t13-,14+/m0/s1. The fourth-order valence-corrected chi connectivity index (χ4v) is 3.30. The molecular formula is C18H28ClNO3. The highest BCUT2D eigenvalue weighted by molar-refractivity contribution is 6.30. The average molecular weight is 342 g/mol. The number of benzene rings is 1. The number of nitrogens with one attached hydrogen (secondary N) is 1. The molecule has 1 aliphatic rings. The lowest BCUT2D eigenvalue weighted by atomic mass is 9.73. The first kappa shape index (κ1) is 18.5. The van der Waals surface area contributed by atoms with Crippen LogP contribution in [0.25, 0.3) is 0 Å². The minimum absolute atomic E-state index is 0.0315. The molecule has 0 unspecified atom stereocenters. The number of hydrogen-bond donors (Lipinski definition) is 1. The van der Waals surface area contributed by atoms with Crippen molar-refractivity contribution in [3.8, 4) is 5.75 Å². The smallest absolute Gasteiger partial charge is 0.122 e. The zero-order valence-corrected chi connectivity index (χ0v) is 15.3. The van der Waals surface area contributed by atoms with Crippen LogP contribution in [0.3, 0.4) is 0 Å². The number of halogens is 1. The highest BCUT2D eigenvalue weighted by Crippen LogP contribution is 2.40. The van der Waals surface area contributed by atoms with Crippen molar-refractivity contribution in [3.63, 3.8) is 0 Å². The normalized spacial score (nSPS) is 20.0. The minimum atomic E-state index is -0.0315. The topological polar surface area (TPSA) is 39.7 Å². The molecule has 4 nitrogen and oxygen atoms in total. The zero-order valence-electron chi connectivity index (χ0n) is 14.5. The van der Waals surface area contributed by atoms with Gasteiger partial charge in [0.1, 0.15) is 5.75 Å². The Morgan fingerprint density at radius 1 is 1.26 bits per heavy atom. The molecule has 2 rings (SSSR count). The molecule has 0 radical (unpaired) electrons. The monoisotopic (exact) mass is 341 g/mol. The Bertz CT molecular complexity index is 503. The maximum Gasteiger partial charge on any atom is 0.122 e. The van der Waals surface area contributed by atoms with E-state index >= 15 is 0 Å². The van der Waals surface area contributed by atoms with Crippen molar-refractivity contribution in [2.45, 2.75) is 44.2 Å². The van der Waals surface area contributed by atoms with E-state index in [4.69, 9.17) is 25.8 Å². The maximum absolute atomic E-state index is 6.26. The first-order chi connectivity index (χ1) is 11.0. The predicted octanol–water partition coefficient (Wildman–Crippen LogP) is 3.41. The third kappa shape index (κ3) is 4.38. The highest BCUT2D eigenvalue weighted by atomic mass is 35.5. The largest absolute Gasteiger partial charge is 0.496 e. The van der Waals surface area contributed by atoms with Crippen LogP contribution in [-0.4, -0.2) is 46.1 Å². The second-order valence-electron chi connectivity index (χ2n) is 6.35. The lowest BCUT2D eigenvalue weighted by Gasteiger charge is -2.40. The fourth-order valence-electron chi connectivity index (χ4n) is 3.12. The van der Waals surface area contributed by atoms with E-state index in [1.54, 1.807) is 14.2 Å². The van der Waals surface area contributed by atoms with Crippen LogP contribution < -0.4 is 10.1 Å². The Balaban J connectivity index is 2.27. The van der Waals surface area contributed by atoms with E-state index in [2.05, 4.69) is 19.2 Å². The molecule has 23 heavy (non-hydrogen) atoms. The minimum Gasteiger partial charge on any atom is -0.496 e. The zero-order chi connectivity index (χ0) is 16.9. The molecule has 130 valence electrons. The molecule has 1 heterocycles. The van der Waals surface area contributed by atoms with Gasteiger partial charge in [-0.1, -0.05) is 11.6 Å². The summed E-state index contributed by atoms with van der Waals surface area (Å²) in [6, 6.07) is 6.14. The van der Waals surface area contributed by atoms with Gasteiger partial charge in [-0.25, -0.2) is 0 Å². The van der Waals surface area contributed by atoms with Crippen LogP contribution in [0.15, 0.2) is 18.2 Å². The molecular weight excluding hydrogens is 314 g/mol.